The third-order valence-electron chi connectivity index (χ3n) is 3.68. The predicted octanol–water partition coefficient (Wildman–Crippen LogP) is 2.90. The number of benzene rings is 2. The summed E-state index contributed by atoms with van der Waals surface area (Å²) in [4.78, 5) is 21.6. The van der Waals surface area contributed by atoms with E-state index in [1.165, 1.54) is 12.1 Å². The van der Waals surface area contributed by atoms with Gasteiger partial charge in [-0.2, -0.15) is 8.42 Å². The molecule has 0 amide bonds. The maximum atomic E-state index is 13.6. The molecule has 2 aromatic carbocycles. The van der Waals surface area contributed by atoms with Gasteiger partial charge in [0.2, 0.25) is 0 Å². The van der Waals surface area contributed by atoms with E-state index in [2.05, 4.69) is 0 Å². The predicted molar refractivity (Wildman–Crippen MR) is 100 cm³/mol. The zero-order valence-electron chi connectivity index (χ0n) is 14.9. The van der Waals surface area contributed by atoms with Gasteiger partial charge in [-0.05, 0) is 24.3 Å². The van der Waals surface area contributed by atoms with Gasteiger partial charge in [0, 0.05) is 24.8 Å². The van der Waals surface area contributed by atoms with Crippen LogP contribution in [-0.2, 0) is 19.0 Å². The monoisotopic (exact) mass is 424 g/mol. The van der Waals surface area contributed by atoms with Crippen LogP contribution in [0.2, 0.25) is 0 Å². The van der Waals surface area contributed by atoms with Gasteiger partial charge >= 0.3 is 5.97 Å². The average molecular weight is 424 g/mol. The van der Waals surface area contributed by atoms with E-state index in [4.69, 9.17) is 14.3 Å². The molecule has 0 aromatic heterocycles. The highest BCUT2D eigenvalue weighted by atomic mass is 32.2. The first-order chi connectivity index (χ1) is 13.7. The fraction of sp³-hybridized carbons (Fsp3) is 0.222. The highest BCUT2D eigenvalue weighted by Gasteiger charge is 2.26. The lowest BCUT2D eigenvalue weighted by atomic mass is 10.2. The molecule has 2 rings (SSSR count). The van der Waals surface area contributed by atoms with Gasteiger partial charge in [0.05, 0.1) is 15.4 Å². The standard InChI is InChI=1S/C18H17FN2O7S/c19-14(11-20)10-16(12-27-18(22)13-4-2-1-3-5-13)28-29(25,26)17-8-6-15(7-9-17)21(23)24/h1-9,11,14,16,20H,10,12H2/t14-,16-/m0/s1. The molecular weight excluding hydrogens is 407 g/mol. The summed E-state index contributed by atoms with van der Waals surface area (Å²) in [5, 5.41) is 17.6. The summed E-state index contributed by atoms with van der Waals surface area (Å²) in [5.74, 6) is -0.753. The van der Waals surface area contributed by atoms with Crippen LogP contribution in [0.1, 0.15) is 16.8 Å². The first kappa shape index (κ1) is 22.1. The maximum absolute atomic E-state index is 13.6. The molecular formula is C18H17FN2O7S. The number of nitrogens with zero attached hydrogens (tertiary/aromatic N) is 1. The fourth-order valence-corrected chi connectivity index (χ4v) is 3.32. The van der Waals surface area contributed by atoms with E-state index in [1.54, 1.807) is 18.2 Å². The largest absolute Gasteiger partial charge is 0.459 e. The van der Waals surface area contributed by atoms with Crippen molar-refractivity contribution < 1.29 is 31.4 Å². The van der Waals surface area contributed by atoms with Crippen molar-refractivity contribution in [1.29, 1.82) is 5.41 Å². The summed E-state index contributed by atoms with van der Waals surface area (Å²) in [6, 6.07) is 11.8. The molecule has 0 aliphatic carbocycles. The number of halogens is 1. The van der Waals surface area contributed by atoms with Crippen molar-refractivity contribution in [3.05, 3.63) is 70.3 Å². The molecule has 154 valence electrons. The number of nitrogens with one attached hydrogen (secondary N) is 1. The van der Waals surface area contributed by atoms with E-state index in [0.29, 0.717) is 6.21 Å². The molecule has 9 nitrogen and oxygen atoms in total. The highest BCUT2D eigenvalue weighted by Crippen LogP contribution is 2.20. The molecule has 1 N–H and O–H groups in total. The Bertz CT molecular complexity index is 965. The van der Waals surface area contributed by atoms with Gasteiger partial charge in [-0.1, -0.05) is 18.2 Å². The van der Waals surface area contributed by atoms with Gasteiger partial charge in [0.25, 0.3) is 15.8 Å². The zero-order valence-corrected chi connectivity index (χ0v) is 15.8. The van der Waals surface area contributed by atoms with E-state index in [1.807, 2.05) is 0 Å². The van der Waals surface area contributed by atoms with Crippen molar-refractivity contribution in [2.24, 2.45) is 0 Å². The zero-order chi connectivity index (χ0) is 21.4. The van der Waals surface area contributed by atoms with Crippen LogP contribution in [0, 0.1) is 15.5 Å². The molecule has 2 atom stereocenters. The fourth-order valence-electron chi connectivity index (χ4n) is 2.25. The molecule has 0 radical (unpaired) electrons. The number of nitro benzene ring substituents is 1. The van der Waals surface area contributed by atoms with Gasteiger partial charge in [0.1, 0.15) is 18.9 Å². The van der Waals surface area contributed by atoms with Crippen molar-refractivity contribution in [3.8, 4) is 0 Å². The lowest BCUT2D eigenvalue weighted by Crippen LogP contribution is -2.28. The molecule has 0 aliphatic rings. The van der Waals surface area contributed by atoms with Gasteiger partial charge < -0.3 is 10.1 Å². The number of carbonyl (C=O) groups is 1. The topological polar surface area (TPSA) is 137 Å². The molecule has 11 heteroatoms. The van der Waals surface area contributed by atoms with Crippen molar-refractivity contribution in [3.63, 3.8) is 0 Å². The second kappa shape index (κ2) is 9.85. The van der Waals surface area contributed by atoms with Crippen LogP contribution in [0.25, 0.3) is 0 Å². The Morgan fingerprint density at radius 3 is 2.34 bits per heavy atom. The van der Waals surface area contributed by atoms with E-state index >= 15 is 0 Å². The van der Waals surface area contributed by atoms with Crippen LogP contribution >= 0.6 is 0 Å². The van der Waals surface area contributed by atoms with Crippen molar-refractivity contribution >= 4 is 28.0 Å². The van der Waals surface area contributed by atoms with E-state index in [9.17, 15) is 27.7 Å². The Balaban J connectivity index is 2.12. The normalized spacial score (nSPS) is 13.3. The van der Waals surface area contributed by atoms with Crippen LogP contribution in [-0.4, -0.2) is 44.4 Å². The minimum atomic E-state index is -4.42. The number of non-ortho nitro benzene ring substituents is 1. The Kier molecular flexibility index (Phi) is 7.51. The van der Waals surface area contributed by atoms with Crippen molar-refractivity contribution in [2.75, 3.05) is 6.61 Å². The summed E-state index contributed by atoms with van der Waals surface area (Å²) in [5.41, 5.74) is -0.0988. The number of hydrogen-bond acceptors (Lipinski definition) is 8. The Labute approximate surface area is 165 Å². The molecule has 2 aromatic rings. The van der Waals surface area contributed by atoms with Gasteiger partial charge in [-0.3, -0.25) is 14.3 Å². The molecule has 0 spiro atoms. The minimum Gasteiger partial charge on any atom is -0.459 e. The third kappa shape index (κ3) is 6.43. The summed E-state index contributed by atoms with van der Waals surface area (Å²) < 4.78 is 48.4. The minimum absolute atomic E-state index is 0.216. The molecule has 29 heavy (non-hydrogen) atoms. The number of carbonyl (C=O) groups excluding carboxylic acids is 1. The Morgan fingerprint density at radius 2 is 1.79 bits per heavy atom. The lowest BCUT2D eigenvalue weighted by Gasteiger charge is -2.18. The SMILES string of the molecule is N=C[C@@H](F)C[C@@H](COC(=O)c1ccccc1)OS(=O)(=O)c1ccc([N+](=O)[O-])cc1. The van der Waals surface area contributed by atoms with Gasteiger partial charge in [-0.25, -0.2) is 9.18 Å². The third-order valence-corrected chi connectivity index (χ3v) is 5.05. The van der Waals surface area contributed by atoms with Crippen LogP contribution in [0.4, 0.5) is 10.1 Å². The van der Waals surface area contributed by atoms with Crippen LogP contribution < -0.4 is 0 Å². The van der Waals surface area contributed by atoms with Crippen molar-refractivity contribution in [2.45, 2.75) is 23.6 Å². The lowest BCUT2D eigenvalue weighted by molar-refractivity contribution is -0.384. The molecule has 0 fully saturated rings. The van der Waals surface area contributed by atoms with E-state index < -0.39 is 46.3 Å². The first-order valence-electron chi connectivity index (χ1n) is 8.27. The molecule has 0 saturated heterocycles. The summed E-state index contributed by atoms with van der Waals surface area (Å²) in [6.45, 7) is -0.575. The second-order valence-corrected chi connectivity index (χ2v) is 7.38. The number of rotatable bonds is 10. The molecule has 0 unspecified atom stereocenters. The van der Waals surface area contributed by atoms with Gasteiger partial charge in [-0.15, -0.1) is 0 Å². The number of hydrogen-bond donors (Lipinski definition) is 1. The Morgan fingerprint density at radius 1 is 1.17 bits per heavy atom. The summed E-state index contributed by atoms with van der Waals surface area (Å²) in [7, 11) is -4.42. The number of alkyl halides is 1. The number of nitro groups is 1. The maximum Gasteiger partial charge on any atom is 0.338 e. The summed E-state index contributed by atoms with van der Waals surface area (Å²) >= 11 is 0. The van der Waals surface area contributed by atoms with Crippen LogP contribution in [0.15, 0.2) is 59.5 Å². The second-order valence-electron chi connectivity index (χ2n) is 5.81. The highest BCUT2D eigenvalue weighted by molar-refractivity contribution is 7.86. The van der Waals surface area contributed by atoms with Crippen LogP contribution in [0.3, 0.4) is 0 Å². The van der Waals surface area contributed by atoms with Crippen molar-refractivity contribution in [1.82, 2.24) is 0 Å². The van der Waals surface area contributed by atoms with E-state index in [0.717, 1.165) is 24.3 Å². The molecule has 0 heterocycles. The number of ether oxygens (including phenoxy) is 1. The molecule has 0 saturated carbocycles. The average Bonchev–Trinajstić information content (AvgIpc) is 2.72. The first-order valence-corrected chi connectivity index (χ1v) is 9.68. The van der Waals surface area contributed by atoms with E-state index in [-0.39, 0.29) is 16.1 Å². The number of esters is 1. The van der Waals surface area contributed by atoms with Gasteiger partial charge in [0.15, 0.2) is 0 Å². The molecule has 0 bridgehead atoms. The molecule has 0 aliphatic heterocycles. The smallest absolute Gasteiger partial charge is 0.338 e. The Hall–Kier alpha value is -3.18. The van der Waals surface area contributed by atoms with Crippen LogP contribution in [0.5, 0.6) is 0 Å². The summed E-state index contributed by atoms with van der Waals surface area (Å²) in [6.07, 6.45) is -3.30. The quantitative estimate of drug-likeness (QED) is 0.203.